The van der Waals surface area contributed by atoms with Crippen LogP contribution in [-0.2, 0) is 19.2 Å². The van der Waals surface area contributed by atoms with Gasteiger partial charge in [0.2, 0.25) is 0 Å². The maximum Gasteiger partial charge on any atom is 0.309 e. The number of aliphatic carboxylic acids is 4. The van der Waals surface area contributed by atoms with Crippen molar-refractivity contribution in [3.8, 4) is 0 Å². The second-order valence-electron chi connectivity index (χ2n) is 12.9. The van der Waals surface area contributed by atoms with E-state index in [-0.39, 0.29) is 24.7 Å². The van der Waals surface area contributed by atoms with Crippen molar-refractivity contribution in [3.63, 3.8) is 0 Å². The van der Waals surface area contributed by atoms with Crippen molar-refractivity contribution in [2.45, 2.75) is 77.0 Å². The van der Waals surface area contributed by atoms with Crippen LogP contribution in [0.3, 0.4) is 0 Å². The van der Waals surface area contributed by atoms with Crippen LogP contribution < -0.4 is 0 Å². The summed E-state index contributed by atoms with van der Waals surface area (Å²) >= 11 is 0. The van der Waals surface area contributed by atoms with Crippen molar-refractivity contribution >= 4 is 23.9 Å². The van der Waals surface area contributed by atoms with E-state index in [4.69, 9.17) is 0 Å². The summed E-state index contributed by atoms with van der Waals surface area (Å²) in [6.45, 7) is 0. The molecule has 8 saturated carbocycles. The van der Waals surface area contributed by atoms with Crippen molar-refractivity contribution in [1.29, 1.82) is 0 Å². The first-order valence-corrected chi connectivity index (χ1v) is 11.8. The first-order chi connectivity index (χ1) is 14.8. The third-order valence-corrected chi connectivity index (χ3v) is 11.1. The fourth-order valence-corrected chi connectivity index (χ4v) is 11.0. The highest BCUT2D eigenvalue weighted by Gasteiger charge is 2.78. The average Bonchev–Trinajstić information content (AvgIpc) is 2.65. The van der Waals surface area contributed by atoms with E-state index in [2.05, 4.69) is 0 Å². The van der Waals surface area contributed by atoms with E-state index in [0.29, 0.717) is 64.2 Å². The van der Waals surface area contributed by atoms with E-state index in [9.17, 15) is 39.6 Å². The molecule has 4 N–H and O–H groups in total. The lowest BCUT2D eigenvalue weighted by atomic mass is 9.28. The normalized spacial score (nSPS) is 54.5. The van der Waals surface area contributed by atoms with Gasteiger partial charge in [0.25, 0.3) is 0 Å². The molecule has 0 aromatic carbocycles. The molecule has 0 saturated heterocycles. The van der Waals surface area contributed by atoms with E-state index in [1.54, 1.807) is 0 Å². The van der Waals surface area contributed by atoms with Crippen molar-refractivity contribution in [1.82, 2.24) is 0 Å². The quantitative estimate of drug-likeness (QED) is 0.503. The Kier molecular flexibility index (Phi) is 3.52. The molecular formula is C24H30O8. The molecule has 0 aliphatic heterocycles. The zero-order valence-electron chi connectivity index (χ0n) is 18.1. The molecular weight excluding hydrogens is 416 g/mol. The molecule has 0 spiro atoms. The van der Waals surface area contributed by atoms with Gasteiger partial charge in [-0.1, -0.05) is 0 Å². The molecule has 0 radical (unpaired) electrons. The van der Waals surface area contributed by atoms with Crippen molar-refractivity contribution in [2.24, 2.45) is 44.3 Å². The van der Waals surface area contributed by atoms with Crippen LogP contribution in [0.15, 0.2) is 0 Å². The average molecular weight is 446 g/mol. The highest BCUT2D eigenvalue weighted by molar-refractivity contribution is 5.83. The molecule has 8 bridgehead atoms. The zero-order chi connectivity index (χ0) is 22.9. The standard InChI is InChI=1S/C24H30O8/c25-15(26)19-1-13-2-20(7-19,16(27)28)10-23(5-13,9-19)24-6-14-3-21(11-24,17(29)30)8-22(4-14,12-24)18(31)32/h13-14H,1-12H2,(H,25,26)(H,27,28)(H,29,30)(H,31,32). The van der Waals surface area contributed by atoms with E-state index < -0.39 is 56.4 Å². The van der Waals surface area contributed by atoms with Gasteiger partial charge >= 0.3 is 23.9 Å². The Labute approximate surface area is 185 Å². The van der Waals surface area contributed by atoms with Crippen LogP contribution in [0.1, 0.15) is 77.0 Å². The summed E-state index contributed by atoms with van der Waals surface area (Å²) in [5.41, 5.74) is -5.65. The summed E-state index contributed by atoms with van der Waals surface area (Å²) < 4.78 is 0. The lowest BCUT2D eigenvalue weighted by Gasteiger charge is -2.75. The molecule has 8 aliphatic carbocycles. The van der Waals surface area contributed by atoms with Crippen LogP contribution >= 0.6 is 0 Å². The lowest BCUT2D eigenvalue weighted by Crippen LogP contribution is -2.71. The van der Waals surface area contributed by atoms with Gasteiger partial charge in [-0.3, -0.25) is 19.2 Å². The fourth-order valence-electron chi connectivity index (χ4n) is 11.0. The summed E-state index contributed by atoms with van der Waals surface area (Å²) in [4.78, 5) is 50.2. The third kappa shape index (κ3) is 2.15. The predicted octanol–water partition coefficient (Wildman–Crippen LogP) is 3.24. The van der Waals surface area contributed by atoms with Gasteiger partial charge in [0.05, 0.1) is 21.7 Å². The molecule has 0 amide bonds. The minimum atomic E-state index is -1.10. The highest BCUT2D eigenvalue weighted by atomic mass is 16.4. The number of carboxylic acids is 4. The Hall–Kier alpha value is -2.12. The molecule has 0 aromatic rings. The van der Waals surface area contributed by atoms with Crippen LogP contribution in [0.25, 0.3) is 0 Å². The summed E-state index contributed by atoms with van der Waals surface area (Å²) in [5, 5.41) is 41.1. The minimum Gasteiger partial charge on any atom is -0.481 e. The van der Waals surface area contributed by atoms with Crippen LogP contribution in [0, 0.1) is 44.3 Å². The van der Waals surface area contributed by atoms with Crippen molar-refractivity contribution in [3.05, 3.63) is 0 Å². The number of hydrogen-bond donors (Lipinski definition) is 4. The largest absolute Gasteiger partial charge is 0.481 e. The SMILES string of the molecule is O=C(O)C12CC3CC(C(=O)O)(C1)CC(C14CC5CC(C(=O)O)(CC(C(=O)O)(C5)C1)C4)(C3)C2. The Morgan fingerprint density at radius 2 is 0.688 bits per heavy atom. The van der Waals surface area contributed by atoms with Gasteiger partial charge in [-0.2, -0.15) is 0 Å². The number of carbonyl (C=O) groups is 4. The van der Waals surface area contributed by atoms with E-state index in [1.165, 1.54) is 0 Å². The number of hydrogen-bond acceptors (Lipinski definition) is 4. The molecule has 8 aliphatic rings. The molecule has 8 nitrogen and oxygen atoms in total. The maximum absolute atomic E-state index is 12.5. The van der Waals surface area contributed by atoms with Gasteiger partial charge < -0.3 is 20.4 Å². The smallest absolute Gasteiger partial charge is 0.309 e. The van der Waals surface area contributed by atoms with Crippen molar-refractivity contribution in [2.75, 3.05) is 0 Å². The molecule has 0 aromatic heterocycles. The summed E-state index contributed by atoms with van der Waals surface area (Å²) in [6.07, 6.45) is 5.03. The maximum atomic E-state index is 12.5. The Balaban J connectivity index is 1.54. The zero-order valence-corrected chi connectivity index (χ0v) is 18.1. The van der Waals surface area contributed by atoms with E-state index >= 15 is 0 Å². The van der Waals surface area contributed by atoms with Gasteiger partial charge in [-0.15, -0.1) is 0 Å². The summed E-state index contributed by atoms with van der Waals surface area (Å²) in [6, 6.07) is 0. The molecule has 0 heterocycles. The van der Waals surface area contributed by atoms with Gasteiger partial charge in [-0.25, -0.2) is 0 Å². The molecule has 4 atom stereocenters. The first-order valence-electron chi connectivity index (χ1n) is 11.8. The van der Waals surface area contributed by atoms with Gasteiger partial charge in [0, 0.05) is 0 Å². The van der Waals surface area contributed by atoms with Crippen LogP contribution in [-0.4, -0.2) is 44.3 Å². The third-order valence-electron chi connectivity index (χ3n) is 11.1. The topological polar surface area (TPSA) is 149 Å². The molecule has 8 fully saturated rings. The van der Waals surface area contributed by atoms with Gasteiger partial charge in [-0.05, 0) is 99.7 Å². The van der Waals surface area contributed by atoms with Crippen LogP contribution in [0.5, 0.6) is 0 Å². The Morgan fingerprint density at radius 3 is 0.906 bits per heavy atom. The molecule has 174 valence electrons. The molecule has 8 heteroatoms. The van der Waals surface area contributed by atoms with Crippen molar-refractivity contribution < 1.29 is 39.6 Å². The first kappa shape index (κ1) is 20.5. The molecule has 32 heavy (non-hydrogen) atoms. The number of carboxylic acid groups (broad SMARTS) is 4. The van der Waals surface area contributed by atoms with Gasteiger partial charge in [0.1, 0.15) is 0 Å². The number of rotatable bonds is 5. The monoisotopic (exact) mass is 446 g/mol. The summed E-state index contributed by atoms with van der Waals surface area (Å²) in [7, 11) is 0. The second-order valence-corrected chi connectivity index (χ2v) is 12.9. The second kappa shape index (κ2) is 5.50. The molecule has 4 unspecified atom stereocenters. The van der Waals surface area contributed by atoms with Crippen LogP contribution in [0.2, 0.25) is 0 Å². The van der Waals surface area contributed by atoms with Crippen LogP contribution in [0.4, 0.5) is 0 Å². The summed E-state index contributed by atoms with van der Waals surface area (Å²) in [5.74, 6) is -3.81. The van der Waals surface area contributed by atoms with Gasteiger partial charge in [0.15, 0.2) is 0 Å². The Bertz CT molecular complexity index is 844. The fraction of sp³-hybridized carbons (Fsp3) is 0.833. The van der Waals surface area contributed by atoms with E-state index in [0.717, 1.165) is 0 Å². The molecule has 8 rings (SSSR count). The van der Waals surface area contributed by atoms with E-state index in [1.807, 2.05) is 0 Å². The highest BCUT2D eigenvalue weighted by Crippen LogP contribution is 2.82. The minimum absolute atomic E-state index is 0.0204. The Morgan fingerprint density at radius 1 is 0.438 bits per heavy atom. The predicted molar refractivity (Wildman–Crippen MR) is 108 cm³/mol. The lowest BCUT2D eigenvalue weighted by molar-refractivity contribution is -0.271.